The topological polar surface area (TPSA) is 81.4 Å². The number of aryl methyl sites for hydroxylation is 2. The van der Waals surface area contributed by atoms with Crippen LogP contribution in [0.25, 0.3) is 5.78 Å². The molecule has 1 unspecified atom stereocenters. The summed E-state index contributed by atoms with van der Waals surface area (Å²) in [6.45, 7) is 6.20. The number of anilines is 1. The molecular weight excluding hydrogens is 410 g/mol. The number of aromatic nitrogens is 4. The molecule has 7 nitrogen and oxygen atoms in total. The number of nitrogens with one attached hydrogen (secondary N) is 1. The minimum absolute atomic E-state index is 0.123. The number of nitrogens with zero attached hydrogens (tertiary/aromatic N) is 4. The van der Waals surface area contributed by atoms with Gasteiger partial charge in [-0.15, -0.1) is 5.10 Å². The number of carbonyl (C=O) groups excluding carboxylic acids is 1. The molecule has 0 fully saturated rings. The minimum Gasteiger partial charge on any atom is -0.489 e. The summed E-state index contributed by atoms with van der Waals surface area (Å²) in [4.78, 5) is 21.4. The number of fused-ring (bicyclic) bond motifs is 1. The smallest absolute Gasteiger partial charge is 0.253 e. The predicted molar refractivity (Wildman–Crippen MR) is 121 cm³/mol. The highest BCUT2D eigenvalue weighted by atomic mass is 32.2. The summed E-state index contributed by atoms with van der Waals surface area (Å²) in [7, 11) is 0. The zero-order valence-corrected chi connectivity index (χ0v) is 18.4. The first-order chi connectivity index (χ1) is 15.0. The molecular formula is C23H23N5O2S. The maximum Gasteiger partial charge on any atom is 0.253 e. The number of benzene rings is 2. The minimum atomic E-state index is -0.368. The van der Waals surface area contributed by atoms with Crippen LogP contribution < -0.4 is 10.1 Å². The van der Waals surface area contributed by atoms with Crippen molar-refractivity contribution in [1.82, 2.24) is 19.6 Å². The molecule has 31 heavy (non-hydrogen) atoms. The molecule has 158 valence electrons. The summed E-state index contributed by atoms with van der Waals surface area (Å²) in [5, 5.41) is 7.53. The second-order valence-electron chi connectivity index (χ2n) is 7.19. The van der Waals surface area contributed by atoms with Gasteiger partial charge in [-0.2, -0.15) is 4.98 Å². The molecule has 0 saturated heterocycles. The van der Waals surface area contributed by atoms with Gasteiger partial charge in [0.05, 0.1) is 5.25 Å². The van der Waals surface area contributed by atoms with Crippen molar-refractivity contribution in [1.29, 1.82) is 0 Å². The van der Waals surface area contributed by atoms with Gasteiger partial charge in [-0.1, -0.05) is 42.1 Å². The molecule has 1 atom stereocenters. The van der Waals surface area contributed by atoms with Crippen LogP contribution in [0.5, 0.6) is 5.75 Å². The predicted octanol–water partition coefficient (Wildman–Crippen LogP) is 4.44. The van der Waals surface area contributed by atoms with Crippen molar-refractivity contribution in [2.75, 3.05) is 5.32 Å². The lowest BCUT2D eigenvalue weighted by atomic mass is 10.2. The van der Waals surface area contributed by atoms with Gasteiger partial charge in [0.1, 0.15) is 12.4 Å². The van der Waals surface area contributed by atoms with E-state index in [9.17, 15) is 4.79 Å². The van der Waals surface area contributed by atoms with Crippen molar-refractivity contribution in [3.63, 3.8) is 0 Å². The molecule has 2 aromatic carbocycles. The summed E-state index contributed by atoms with van der Waals surface area (Å²) in [6.07, 6.45) is 0. The number of thioether (sulfide) groups is 1. The van der Waals surface area contributed by atoms with Gasteiger partial charge in [-0.25, -0.2) is 9.50 Å². The number of rotatable bonds is 7. The first-order valence-corrected chi connectivity index (χ1v) is 10.8. The Labute approximate surface area is 184 Å². The Morgan fingerprint density at radius 3 is 2.58 bits per heavy atom. The zero-order valence-electron chi connectivity index (χ0n) is 17.6. The van der Waals surface area contributed by atoms with Gasteiger partial charge in [-0.05, 0) is 56.7 Å². The van der Waals surface area contributed by atoms with Gasteiger partial charge in [0, 0.05) is 17.1 Å². The quantitative estimate of drug-likeness (QED) is 0.434. The van der Waals surface area contributed by atoms with Crippen molar-refractivity contribution in [2.45, 2.75) is 37.8 Å². The van der Waals surface area contributed by atoms with E-state index in [1.54, 1.807) is 4.52 Å². The Balaban J connectivity index is 1.34. The third-order valence-electron chi connectivity index (χ3n) is 4.62. The summed E-state index contributed by atoms with van der Waals surface area (Å²) in [5.74, 6) is 1.16. The molecule has 1 N–H and O–H groups in total. The van der Waals surface area contributed by atoms with E-state index in [0.29, 0.717) is 23.2 Å². The Morgan fingerprint density at radius 2 is 1.84 bits per heavy atom. The molecule has 8 heteroatoms. The Kier molecular flexibility index (Phi) is 6.18. The van der Waals surface area contributed by atoms with Crippen LogP contribution in [-0.4, -0.2) is 30.7 Å². The van der Waals surface area contributed by atoms with Crippen LogP contribution in [0.4, 0.5) is 5.69 Å². The van der Waals surface area contributed by atoms with Gasteiger partial charge in [0.25, 0.3) is 5.78 Å². The summed E-state index contributed by atoms with van der Waals surface area (Å²) >= 11 is 1.30. The van der Waals surface area contributed by atoms with Crippen LogP contribution in [0.2, 0.25) is 0 Å². The van der Waals surface area contributed by atoms with Crippen LogP contribution in [0.1, 0.15) is 23.9 Å². The molecule has 0 saturated carbocycles. The van der Waals surface area contributed by atoms with Crippen LogP contribution in [0.3, 0.4) is 0 Å². The fourth-order valence-electron chi connectivity index (χ4n) is 3.03. The maximum atomic E-state index is 12.6. The molecule has 1 amide bonds. The highest BCUT2D eigenvalue weighted by molar-refractivity contribution is 8.00. The van der Waals surface area contributed by atoms with Crippen molar-refractivity contribution in [2.24, 2.45) is 0 Å². The van der Waals surface area contributed by atoms with E-state index in [4.69, 9.17) is 4.74 Å². The van der Waals surface area contributed by atoms with Crippen molar-refractivity contribution < 1.29 is 9.53 Å². The Bertz CT molecular complexity index is 1190. The molecule has 0 bridgehead atoms. The average Bonchev–Trinajstić information content (AvgIpc) is 3.16. The van der Waals surface area contributed by atoms with Crippen LogP contribution >= 0.6 is 11.8 Å². The van der Waals surface area contributed by atoms with Crippen molar-refractivity contribution in [3.05, 3.63) is 77.6 Å². The lowest BCUT2D eigenvalue weighted by Crippen LogP contribution is -2.22. The number of amides is 1. The monoisotopic (exact) mass is 433 g/mol. The van der Waals surface area contributed by atoms with Gasteiger partial charge < -0.3 is 10.1 Å². The lowest BCUT2D eigenvalue weighted by molar-refractivity contribution is -0.115. The molecule has 0 aliphatic rings. The molecule has 2 heterocycles. The normalized spacial score (nSPS) is 12.0. The van der Waals surface area contributed by atoms with E-state index >= 15 is 0 Å². The van der Waals surface area contributed by atoms with E-state index in [-0.39, 0.29) is 11.2 Å². The molecule has 0 aliphatic carbocycles. The SMILES string of the molecule is Cc1cc(C)n2nc(SC(C)C(=O)Nc3ccc(OCc4ccccc4)cc3)nc2n1. The first-order valence-electron chi connectivity index (χ1n) is 9.93. The van der Waals surface area contributed by atoms with Crippen LogP contribution in [0, 0.1) is 13.8 Å². The molecule has 4 rings (SSSR count). The maximum absolute atomic E-state index is 12.6. The number of carbonyl (C=O) groups is 1. The van der Waals surface area contributed by atoms with Gasteiger partial charge in [0.15, 0.2) is 0 Å². The Hall–Kier alpha value is -3.39. The largest absolute Gasteiger partial charge is 0.489 e. The summed E-state index contributed by atoms with van der Waals surface area (Å²) in [6, 6.07) is 19.3. The standard InChI is InChI=1S/C23H23N5O2S/c1-15-13-16(2)28-22(24-15)26-23(27-28)31-17(3)21(29)25-19-9-11-20(12-10-19)30-14-18-7-5-4-6-8-18/h4-13,17H,14H2,1-3H3,(H,25,29). The Morgan fingerprint density at radius 1 is 1.10 bits per heavy atom. The highest BCUT2D eigenvalue weighted by Gasteiger charge is 2.18. The van der Waals surface area contributed by atoms with Crippen LogP contribution in [0.15, 0.2) is 65.8 Å². The van der Waals surface area contributed by atoms with Crippen LogP contribution in [-0.2, 0) is 11.4 Å². The third-order valence-corrected chi connectivity index (χ3v) is 5.57. The van der Waals surface area contributed by atoms with E-state index < -0.39 is 0 Å². The zero-order chi connectivity index (χ0) is 21.8. The highest BCUT2D eigenvalue weighted by Crippen LogP contribution is 2.23. The van der Waals surface area contributed by atoms with Crippen molar-refractivity contribution in [3.8, 4) is 5.75 Å². The summed E-state index contributed by atoms with van der Waals surface area (Å²) in [5.41, 5.74) is 3.65. The molecule has 2 aromatic heterocycles. The summed E-state index contributed by atoms with van der Waals surface area (Å²) < 4.78 is 7.47. The number of hydrogen-bond acceptors (Lipinski definition) is 6. The number of ether oxygens (including phenoxy) is 1. The van der Waals surface area contributed by atoms with E-state index in [2.05, 4.69) is 20.4 Å². The van der Waals surface area contributed by atoms with Gasteiger partial charge in [0.2, 0.25) is 11.1 Å². The second-order valence-corrected chi connectivity index (χ2v) is 8.50. The molecule has 0 spiro atoms. The fourth-order valence-corrected chi connectivity index (χ4v) is 3.77. The fraction of sp³-hybridized carbons (Fsp3) is 0.217. The van der Waals surface area contributed by atoms with E-state index in [1.807, 2.05) is 81.4 Å². The van der Waals surface area contributed by atoms with Gasteiger partial charge in [-0.3, -0.25) is 4.79 Å². The van der Waals surface area contributed by atoms with E-state index in [0.717, 1.165) is 22.7 Å². The molecule has 4 aromatic rings. The number of hydrogen-bond donors (Lipinski definition) is 1. The van der Waals surface area contributed by atoms with Gasteiger partial charge >= 0.3 is 0 Å². The second kappa shape index (κ2) is 9.18. The average molecular weight is 434 g/mol. The molecule has 0 aliphatic heterocycles. The van der Waals surface area contributed by atoms with Crippen molar-refractivity contribution >= 4 is 29.1 Å². The molecule has 0 radical (unpaired) electrons. The first kappa shape index (κ1) is 20.9. The third kappa shape index (κ3) is 5.21. The van der Waals surface area contributed by atoms with E-state index in [1.165, 1.54) is 11.8 Å². The lowest BCUT2D eigenvalue weighted by Gasteiger charge is -2.11.